The molecule has 2 aromatic carbocycles. The van der Waals surface area contributed by atoms with Crippen LogP contribution in [0, 0.1) is 17.0 Å². The second-order valence-corrected chi connectivity index (χ2v) is 6.01. The van der Waals surface area contributed by atoms with Crippen LogP contribution in [0.3, 0.4) is 0 Å². The maximum atomic E-state index is 12.1. The van der Waals surface area contributed by atoms with E-state index in [1.165, 1.54) is 23.5 Å². The van der Waals surface area contributed by atoms with Crippen molar-refractivity contribution in [2.75, 3.05) is 5.32 Å². The van der Waals surface area contributed by atoms with Gasteiger partial charge in [-0.2, -0.15) is 0 Å². The number of non-ortho nitro benzene ring substituents is 1. The Kier molecular flexibility index (Phi) is 4.30. The molecule has 1 heterocycles. The standard InChI is InChI=1S/C16H12N4O3S/c1-10-2-4-11(5-3-10)14(21)17-16-19-18-15(24-16)12-6-8-13(9-7-12)20(22)23/h2-9H,1H3,(H,17,19,21). The van der Waals surface area contributed by atoms with E-state index in [0.29, 0.717) is 21.3 Å². The quantitative estimate of drug-likeness (QED) is 0.577. The zero-order valence-corrected chi connectivity index (χ0v) is 13.4. The highest BCUT2D eigenvalue weighted by atomic mass is 32.1. The van der Waals surface area contributed by atoms with E-state index in [-0.39, 0.29) is 11.6 Å². The van der Waals surface area contributed by atoms with E-state index in [1.54, 1.807) is 24.3 Å². The molecule has 120 valence electrons. The maximum absolute atomic E-state index is 12.1. The van der Waals surface area contributed by atoms with Gasteiger partial charge < -0.3 is 0 Å². The summed E-state index contributed by atoms with van der Waals surface area (Å²) in [7, 11) is 0. The number of hydrogen-bond acceptors (Lipinski definition) is 6. The van der Waals surface area contributed by atoms with E-state index >= 15 is 0 Å². The monoisotopic (exact) mass is 340 g/mol. The third kappa shape index (κ3) is 3.44. The summed E-state index contributed by atoms with van der Waals surface area (Å²) >= 11 is 1.20. The van der Waals surface area contributed by atoms with Gasteiger partial charge in [-0.25, -0.2) is 0 Å². The van der Waals surface area contributed by atoms with Gasteiger partial charge in [-0.05, 0) is 31.2 Å². The van der Waals surface area contributed by atoms with E-state index in [4.69, 9.17) is 0 Å². The molecule has 7 nitrogen and oxygen atoms in total. The minimum absolute atomic E-state index is 0.0103. The van der Waals surface area contributed by atoms with Crippen LogP contribution in [0.4, 0.5) is 10.8 Å². The van der Waals surface area contributed by atoms with Gasteiger partial charge in [-0.15, -0.1) is 10.2 Å². The molecule has 3 rings (SSSR count). The highest BCUT2D eigenvalue weighted by Gasteiger charge is 2.12. The summed E-state index contributed by atoms with van der Waals surface area (Å²) in [5.41, 5.74) is 2.32. The molecule has 0 atom stereocenters. The average Bonchev–Trinajstić information content (AvgIpc) is 3.04. The van der Waals surface area contributed by atoms with Crippen molar-refractivity contribution in [3.63, 3.8) is 0 Å². The fourth-order valence-electron chi connectivity index (χ4n) is 1.99. The van der Waals surface area contributed by atoms with Crippen molar-refractivity contribution < 1.29 is 9.72 Å². The lowest BCUT2D eigenvalue weighted by Gasteiger charge is -2.01. The third-order valence-electron chi connectivity index (χ3n) is 3.28. The molecule has 0 saturated heterocycles. The number of nitro benzene ring substituents is 1. The fourth-order valence-corrected chi connectivity index (χ4v) is 2.73. The van der Waals surface area contributed by atoms with Crippen molar-refractivity contribution in [2.24, 2.45) is 0 Å². The first-order valence-electron chi connectivity index (χ1n) is 6.99. The van der Waals surface area contributed by atoms with E-state index in [0.717, 1.165) is 5.56 Å². The van der Waals surface area contributed by atoms with Crippen molar-refractivity contribution in [1.82, 2.24) is 10.2 Å². The summed E-state index contributed by atoms with van der Waals surface area (Å²) in [6.45, 7) is 1.95. The fraction of sp³-hybridized carbons (Fsp3) is 0.0625. The first-order chi connectivity index (χ1) is 11.5. The molecule has 8 heteroatoms. The van der Waals surface area contributed by atoms with Gasteiger partial charge in [0.15, 0.2) is 0 Å². The Morgan fingerprint density at radius 2 is 1.75 bits per heavy atom. The number of nitrogens with one attached hydrogen (secondary N) is 1. The predicted molar refractivity (Wildman–Crippen MR) is 91.1 cm³/mol. The second-order valence-electron chi connectivity index (χ2n) is 5.04. The highest BCUT2D eigenvalue weighted by molar-refractivity contribution is 7.18. The van der Waals surface area contributed by atoms with Crippen molar-refractivity contribution in [3.8, 4) is 10.6 Å². The number of nitrogens with zero attached hydrogens (tertiary/aromatic N) is 3. The zero-order valence-electron chi connectivity index (χ0n) is 12.6. The summed E-state index contributed by atoms with van der Waals surface area (Å²) in [5, 5.41) is 22.2. The van der Waals surface area contributed by atoms with Crippen LogP contribution in [0.2, 0.25) is 0 Å². The molecule has 0 bridgehead atoms. The van der Waals surface area contributed by atoms with Crippen LogP contribution in [0.1, 0.15) is 15.9 Å². The number of aromatic nitrogens is 2. The molecule has 0 aliphatic heterocycles. The van der Waals surface area contributed by atoms with Crippen LogP contribution in [0.25, 0.3) is 10.6 Å². The molecular weight excluding hydrogens is 328 g/mol. The van der Waals surface area contributed by atoms with Crippen molar-refractivity contribution >= 4 is 28.1 Å². The number of nitro groups is 1. The van der Waals surface area contributed by atoms with Gasteiger partial charge in [-0.1, -0.05) is 29.0 Å². The predicted octanol–water partition coefficient (Wildman–Crippen LogP) is 3.67. The first kappa shape index (κ1) is 15.8. The van der Waals surface area contributed by atoms with E-state index in [1.807, 2.05) is 19.1 Å². The zero-order chi connectivity index (χ0) is 17.1. The molecule has 0 fully saturated rings. The molecule has 1 N–H and O–H groups in total. The Morgan fingerprint density at radius 1 is 1.08 bits per heavy atom. The number of hydrogen-bond donors (Lipinski definition) is 1. The molecule has 0 unspecified atom stereocenters. The SMILES string of the molecule is Cc1ccc(C(=O)Nc2nnc(-c3ccc([N+](=O)[O-])cc3)s2)cc1. The number of carbonyl (C=O) groups is 1. The van der Waals surface area contributed by atoms with E-state index < -0.39 is 4.92 Å². The van der Waals surface area contributed by atoms with E-state index in [2.05, 4.69) is 15.5 Å². The summed E-state index contributed by atoms with van der Waals surface area (Å²) in [5.74, 6) is -0.263. The normalized spacial score (nSPS) is 10.4. The van der Waals surface area contributed by atoms with Gasteiger partial charge in [-0.3, -0.25) is 20.2 Å². The van der Waals surface area contributed by atoms with Gasteiger partial charge in [0.2, 0.25) is 5.13 Å². The summed E-state index contributed by atoms with van der Waals surface area (Å²) in [6, 6.07) is 13.2. The molecule has 0 aliphatic rings. The van der Waals surface area contributed by atoms with Crippen molar-refractivity contribution in [3.05, 3.63) is 69.8 Å². The van der Waals surface area contributed by atoms with Crippen LogP contribution in [0.15, 0.2) is 48.5 Å². The minimum Gasteiger partial charge on any atom is -0.296 e. The lowest BCUT2D eigenvalue weighted by molar-refractivity contribution is -0.384. The van der Waals surface area contributed by atoms with E-state index in [9.17, 15) is 14.9 Å². The maximum Gasteiger partial charge on any atom is 0.269 e. The smallest absolute Gasteiger partial charge is 0.269 e. The number of amides is 1. The van der Waals surface area contributed by atoms with Crippen LogP contribution in [-0.4, -0.2) is 21.0 Å². The Balaban J connectivity index is 1.74. The Labute approximate surface area is 141 Å². The molecule has 0 radical (unpaired) electrons. The van der Waals surface area contributed by atoms with Crippen molar-refractivity contribution in [1.29, 1.82) is 0 Å². The molecule has 1 amide bonds. The highest BCUT2D eigenvalue weighted by Crippen LogP contribution is 2.28. The average molecular weight is 340 g/mol. The topological polar surface area (TPSA) is 98.0 Å². The number of benzene rings is 2. The lowest BCUT2D eigenvalue weighted by Crippen LogP contribution is -2.11. The molecule has 1 aromatic heterocycles. The van der Waals surface area contributed by atoms with Crippen molar-refractivity contribution in [2.45, 2.75) is 6.92 Å². The van der Waals surface area contributed by atoms with Crippen LogP contribution < -0.4 is 5.32 Å². The van der Waals surface area contributed by atoms with Gasteiger partial charge >= 0.3 is 0 Å². The number of carbonyl (C=O) groups excluding carboxylic acids is 1. The van der Waals surface area contributed by atoms with Crippen LogP contribution >= 0.6 is 11.3 Å². The molecule has 3 aromatic rings. The summed E-state index contributed by atoms with van der Waals surface area (Å²) in [4.78, 5) is 22.3. The van der Waals surface area contributed by atoms with Crippen LogP contribution in [-0.2, 0) is 0 Å². The molecule has 0 spiro atoms. The van der Waals surface area contributed by atoms with Crippen LogP contribution in [0.5, 0.6) is 0 Å². The molecule has 24 heavy (non-hydrogen) atoms. The Hall–Kier alpha value is -3.13. The van der Waals surface area contributed by atoms with Gasteiger partial charge in [0.25, 0.3) is 11.6 Å². The number of anilines is 1. The molecule has 0 aliphatic carbocycles. The Bertz CT molecular complexity index is 888. The molecular formula is C16H12N4O3S. The third-order valence-corrected chi connectivity index (χ3v) is 4.17. The minimum atomic E-state index is -0.461. The van der Waals surface area contributed by atoms with Gasteiger partial charge in [0, 0.05) is 23.3 Å². The Morgan fingerprint density at radius 3 is 2.38 bits per heavy atom. The summed E-state index contributed by atoms with van der Waals surface area (Å²) in [6.07, 6.45) is 0. The van der Waals surface area contributed by atoms with Gasteiger partial charge in [0.1, 0.15) is 5.01 Å². The largest absolute Gasteiger partial charge is 0.296 e. The second kappa shape index (κ2) is 6.55. The summed E-state index contributed by atoms with van der Waals surface area (Å²) < 4.78 is 0. The number of rotatable bonds is 4. The van der Waals surface area contributed by atoms with Gasteiger partial charge in [0.05, 0.1) is 4.92 Å². The number of aryl methyl sites for hydroxylation is 1. The first-order valence-corrected chi connectivity index (χ1v) is 7.81. The molecule has 0 saturated carbocycles. The lowest BCUT2D eigenvalue weighted by atomic mass is 10.1.